The average molecular weight is 229 g/mol. The second kappa shape index (κ2) is 6.28. The highest BCUT2D eigenvalue weighted by atomic mass is 32.2. The maximum atomic E-state index is 11.3. The number of carbonyl (C=O) groups is 1. The molecule has 1 heterocycles. The van der Waals surface area contributed by atoms with Crippen LogP contribution in [0.3, 0.4) is 0 Å². The highest BCUT2D eigenvalue weighted by Crippen LogP contribution is 1.93. The molecule has 0 atom stereocenters. The van der Waals surface area contributed by atoms with Crippen molar-refractivity contribution in [2.75, 3.05) is 24.3 Å². The minimum atomic E-state index is -0.0685. The molecule has 1 rings (SSSR count). The summed E-state index contributed by atoms with van der Waals surface area (Å²) in [4.78, 5) is 15.1. The smallest absolute Gasteiger partial charge is 0.241 e. The number of hydrogen-bond donors (Lipinski definition) is 2. The molecule has 15 heavy (non-hydrogen) atoms. The zero-order chi connectivity index (χ0) is 11.1. The Bertz CT molecular complexity index is 314. The number of anilines is 1. The minimum absolute atomic E-state index is 0.0685. The van der Waals surface area contributed by atoms with Gasteiger partial charge in [0.15, 0.2) is 0 Å². The molecule has 0 radical (unpaired) electrons. The lowest BCUT2D eigenvalue weighted by Crippen LogP contribution is -2.28. The molecule has 3 N–H and O–H groups in total. The van der Waals surface area contributed by atoms with Crippen LogP contribution in [0.1, 0.15) is 6.42 Å². The molecule has 0 aliphatic heterocycles. The van der Waals surface area contributed by atoms with Gasteiger partial charge >= 0.3 is 0 Å². The highest BCUT2D eigenvalue weighted by molar-refractivity contribution is 7.98. The molecule has 0 aliphatic rings. The van der Waals surface area contributed by atoms with E-state index in [1.165, 1.54) is 11.0 Å². The van der Waals surface area contributed by atoms with Gasteiger partial charge in [-0.15, -0.1) is 5.10 Å². The Balaban J connectivity index is 2.18. The molecular formula is C8H15N5OS. The van der Waals surface area contributed by atoms with Gasteiger partial charge in [0.25, 0.3) is 0 Å². The van der Waals surface area contributed by atoms with Gasteiger partial charge in [-0.3, -0.25) is 4.79 Å². The number of aromatic nitrogens is 3. The van der Waals surface area contributed by atoms with Crippen LogP contribution in [0.25, 0.3) is 0 Å². The zero-order valence-electron chi connectivity index (χ0n) is 8.64. The summed E-state index contributed by atoms with van der Waals surface area (Å²) in [6.45, 7) is 0.868. The molecule has 0 aromatic carbocycles. The topological polar surface area (TPSA) is 85.8 Å². The lowest BCUT2D eigenvalue weighted by Gasteiger charge is -2.03. The van der Waals surface area contributed by atoms with Crippen LogP contribution >= 0.6 is 11.8 Å². The maximum Gasteiger partial charge on any atom is 0.241 e. The Morgan fingerprint density at radius 3 is 3.13 bits per heavy atom. The van der Waals surface area contributed by atoms with Gasteiger partial charge in [-0.2, -0.15) is 11.8 Å². The van der Waals surface area contributed by atoms with E-state index in [0.29, 0.717) is 6.54 Å². The molecule has 84 valence electrons. The van der Waals surface area contributed by atoms with Gasteiger partial charge in [-0.25, -0.2) is 9.67 Å². The van der Waals surface area contributed by atoms with Crippen molar-refractivity contribution in [2.24, 2.45) is 0 Å². The predicted octanol–water partition coefficient (Wildman–Crippen LogP) is -0.270. The van der Waals surface area contributed by atoms with E-state index in [-0.39, 0.29) is 18.4 Å². The van der Waals surface area contributed by atoms with Crippen LogP contribution in [0, 0.1) is 0 Å². The molecule has 1 amide bonds. The SMILES string of the molecule is CSCCCNC(=O)Cn1cnc(N)n1. The average Bonchev–Trinajstić information content (AvgIpc) is 2.59. The van der Waals surface area contributed by atoms with Gasteiger partial charge in [0.05, 0.1) is 0 Å². The first-order chi connectivity index (χ1) is 7.22. The Hall–Kier alpha value is -1.24. The second-order valence-corrected chi connectivity index (χ2v) is 3.98. The Labute approximate surface area is 92.6 Å². The summed E-state index contributed by atoms with van der Waals surface area (Å²) in [6.07, 6.45) is 4.46. The van der Waals surface area contributed by atoms with Crippen molar-refractivity contribution in [2.45, 2.75) is 13.0 Å². The first kappa shape index (κ1) is 11.8. The molecule has 1 aromatic rings. The number of hydrogen-bond acceptors (Lipinski definition) is 5. The molecule has 0 spiro atoms. The molecule has 1 aromatic heterocycles. The fourth-order valence-corrected chi connectivity index (χ4v) is 1.47. The molecule has 0 saturated heterocycles. The van der Waals surface area contributed by atoms with Crippen LogP contribution in [0.15, 0.2) is 6.33 Å². The van der Waals surface area contributed by atoms with Crippen LogP contribution in [0.4, 0.5) is 5.95 Å². The van der Waals surface area contributed by atoms with Crippen LogP contribution in [0.5, 0.6) is 0 Å². The van der Waals surface area contributed by atoms with Gasteiger partial charge in [0.2, 0.25) is 11.9 Å². The summed E-state index contributed by atoms with van der Waals surface area (Å²) in [7, 11) is 0. The van der Waals surface area contributed by atoms with E-state index in [0.717, 1.165) is 12.2 Å². The fourth-order valence-electron chi connectivity index (χ4n) is 1.03. The van der Waals surface area contributed by atoms with E-state index in [1.807, 2.05) is 6.26 Å². The molecule has 7 heteroatoms. The van der Waals surface area contributed by atoms with Crippen molar-refractivity contribution in [3.63, 3.8) is 0 Å². The van der Waals surface area contributed by atoms with Crippen LogP contribution < -0.4 is 11.1 Å². The van der Waals surface area contributed by atoms with Gasteiger partial charge in [0.1, 0.15) is 12.9 Å². The maximum absolute atomic E-state index is 11.3. The van der Waals surface area contributed by atoms with Crippen LogP contribution in [0.2, 0.25) is 0 Å². The molecule has 0 saturated carbocycles. The van der Waals surface area contributed by atoms with Crippen LogP contribution in [-0.4, -0.2) is 39.2 Å². The quantitative estimate of drug-likeness (QED) is 0.656. The van der Waals surface area contributed by atoms with Crippen molar-refractivity contribution in [1.82, 2.24) is 20.1 Å². The number of nitrogens with one attached hydrogen (secondary N) is 1. The van der Waals surface area contributed by atoms with E-state index in [1.54, 1.807) is 11.8 Å². The number of rotatable bonds is 6. The van der Waals surface area contributed by atoms with E-state index in [9.17, 15) is 4.79 Å². The summed E-state index contributed by atoms with van der Waals surface area (Å²) < 4.78 is 1.42. The second-order valence-electron chi connectivity index (χ2n) is 3.00. The van der Waals surface area contributed by atoms with Crippen LogP contribution in [-0.2, 0) is 11.3 Å². The summed E-state index contributed by atoms with van der Waals surface area (Å²) in [6, 6.07) is 0. The Morgan fingerprint density at radius 1 is 1.73 bits per heavy atom. The van der Waals surface area contributed by atoms with Gasteiger partial charge < -0.3 is 11.1 Å². The normalized spacial score (nSPS) is 10.2. The van der Waals surface area contributed by atoms with Gasteiger partial charge in [-0.1, -0.05) is 0 Å². The van der Waals surface area contributed by atoms with Crippen molar-refractivity contribution >= 4 is 23.6 Å². The third-order valence-corrected chi connectivity index (χ3v) is 2.40. The lowest BCUT2D eigenvalue weighted by molar-refractivity contribution is -0.121. The third kappa shape index (κ3) is 4.68. The summed E-state index contributed by atoms with van der Waals surface area (Å²) in [5.41, 5.74) is 5.32. The Kier molecular flexibility index (Phi) is 4.96. The largest absolute Gasteiger partial charge is 0.367 e. The summed E-state index contributed by atoms with van der Waals surface area (Å²) >= 11 is 1.77. The molecular weight excluding hydrogens is 214 g/mol. The van der Waals surface area contributed by atoms with E-state index >= 15 is 0 Å². The Morgan fingerprint density at radius 2 is 2.53 bits per heavy atom. The molecule has 0 bridgehead atoms. The van der Waals surface area contributed by atoms with E-state index < -0.39 is 0 Å². The van der Waals surface area contributed by atoms with Gasteiger partial charge in [-0.05, 0) is 18.4 Å². The number of nitrogen functional groups attached to an aromatic ring is 1. The monoisotopic (exact) mass is 229 g/mol. The number of amides is 1. The van der Waals surface area contributed by atoms with Gasteiger partial charge in [0, 0.05) is 6.54 Å². The van der Waals surface area contributed by atoms with E-state index in [2.05, 4.69) is 15.4 Å². The standard InChI is InChI=1S/C8H15N5OS/c1-15-4-2-3-10-7(14)5-13-6-11-8(9)12-13/h6H,2-5H2,1H3,(H2,9,12)(H,10,14). The number of carbonyl (C=O) groups excluding carboxylic acids is 1. The molecule has 0 unspecified atom stereocenters. The highest BCUT2D eigenvalue weighted by Gasteiger charge is 2.03. The third-order valence-electron chi connectivity index (χ3n) is 1.71. The number of thioether (sulfide) groups is 1. The predicted molar refractivity (Wildman–Crippen MR) is 60.4 cm³/mol. The number of nitrogens with zero attached hydrogens (tertiary/aromatic N) is 3. The van der Waals surface area contributed by atoms with Crippen molar-refractivity contribution in [3.8, 4) is 0 Å². The molecule has 0 fully saturated rings. The van der Waals surface area contributed by atoms with Crippen molar-refractivity contribution in [3.05, 3.63) is 6.33 Å². The fraction of sp³-hybridized carbons (Fsp3) is 0.625. The zero-order valence-corrected chi connectivity index (χ0v) is 9.46. The minimum Gasteiger partial charge on any atom is -0.367 e. The molecule has 6 nitrogen and oxygen atoms in total. The summed E-state index contributed by atoms with van der Waals surface area (Å²) in [5.74, 6) is 1.17. The summed E-state index contributed by atoms with van der Waals surface area (Å²) in [5, 5.41) is 6.61. The van der Waals surface area contributed by atoms with Crippen molar-refractivity contribution in [1.29, 1.82) is 0 Å². The first-order valence-electron chi connectivity index (χ1n) is 4.63. The molecule has 0 aliphatic carbocycles. The van der Waals surface area contributed by atoms with E-state index in [4.69, 9.17) is 5.73 Å². The number of nitrogens with two attached hydrogens (primary N) is 1. The first-order valence-corrected chi connectivity index (χ1v) is 6.02. The lowest BCUT2D eigenvalue weighted by atomic mass is 10.4. The van der Waals surface area contributed by atoms with Crippen molar-refractivity contribution < 1.29 is 4.79 Å².